The molecule has 3 nitrogen and oxygen atoms in total. The zero-order chi connectivity index (χ0) is 14.9. The normalized spacial score (nSPS) is 11.0. The van der Waals surface area contributed by atoms with Crippen molar-refractivity contribution in [3.8, 4) is 16.8 Å². The Hall–Kier alpha value is -2.94. The van der Waals surface area contributed by atoms with E-state index in [4.69, 9.17) is 0 Å². The molecule has 3 aromatic heterocycles. The summed E-state index contributed by atoms with van der Waals surface area (Å²) in [7, 11) is 0. The molecule has 22 heavy (non-hydrogen) atoms. The van der Waals surface area contributed by atoms with Gasteiger partial charge in [-0.1, -0.05) is 12.1 Å². The number of hydrogen-bond acceptors (Lipinski definition) is 2. The molecule has 1 aromatic carbocycles. The average Bonchev–Trinajstić information content (AvgIpc) is 2.99. The van der Waals surface area contributed by atoms with Crippen molar-refractivity contribution in [2.24, 2.45) is 0 Å². The summed E-state index contributed by atoms with van der Waals surface area (Å²) in [6.45, 7) is 2.11. The van der Waals surface area contributed by atoms with Crippen LogP contribution >= 0.6 is 0 Å². The summed E-state index contributed by atoms with van der Waals surface area (Å²) in [5.41, 5.74) is 5.88. The summed E-state index contributed by atoms with van der Waals surface area (Å²) >= 11 is 0. The molecule has 0 spiro atoms. The molecule has 106 valence electrons. The lowest BCUT2D eigenvalue weighted by Gasteiger charge is -2.09. The van der Waals surface area contributed by atoms with Gasteiger partial charge < -0.3 is 4.57 Å². The van der Waals surface area contributed by atoms with Gasteiger partial charge >= 0.3 is 0 Å². The van der Waals surface area contributed by atoms with Crippen LogP contribution in [0.2, 0.25) is 0 Å². The standard InChI is InChI=1S/C19H15N3/c1-14-4-8-21-13-19(14)22-11-7-16-2-3-17(12-18(16)22)15-5-9-20-10-6-15/h2-13H,1H3. The highest BCUT2D eigenvalue weighted by Crippen LogP contribution is 2.27. The van der Waals surface area contributed by atoms with Gasteiger partial charge in [0.2, 0.25) is 0 Å². The van der Waals surface area contributed by atoms with Crippen molar-refractivity contribution >= 4 is 10.9 Å². The lowest BCUT2D eigenvalue weighted by Crippen LogP contribution is -1.96. The summed E-state index contributed by atoms with van der Waals surface area (Å²) in [5.74, 6) is 0. The van der Waals surface area contributed by atoms with Crippen molar-refractivity contribution in [2.45, 2.75) is 6.92 Å². The molecule has 0 fully saturated rings. The largest absolute Gasteiger partial charge is 0.315 e. The van der Waals surface area contributed by atoms with Gasteiger partial charge in [-0.25, -0.2) is 0 Å². The van der Waals surface area contributed by atoms with Gasteiger partial charge in [-0.05, 0) is 59.3 Å². The molecule has 0 bridgehead atoms. The highest BCUT2D eigenvalue weighted by atomic mass is 15.0. The predicted molar refractivity (Wildman–Crippen MR) is 89.0 cm³/mol. The second-order valence-corrected chi connectivity index (χ2v) is 5.36. The smallest absolute Gasteiger partial charge is 0.0668 e. The van der Waals surface area contributed by atoms with E-state index in [1.807, 2.05) is 43.0 Å². The minimum atomic E-state index is 1.12. The number of fused-ring (bicyclic) bond motifs is 1. The number of pyridine rings is 2. The minimum absolute atomic E-state index is 1.12. The maximum absolute atomic E-state index is 4.26. The van der Waals surface area contributed by atoms with E-state index in [1.54, 1.807) is 0 Å². The Morgan fingerprint density at radius 3 is 2.45 bits per heavy atom. The van der Waals surface area contributed by atoms with Crippen LogP contribution in [0.4, 0.5) is 0 Å². The van der Waals surface area contributed by atoms with Crippen molar-refractivity contribution < 1.29 is 0 Å². The van der Waals surface area contributed by atoms with Crippen LogP contribution in [0, 0.1) is 6.92 Å². The molecule has 4 aromatic rings. The molecule has 0 amide bonds. The van der Waals surface area contributed by atoms with Gasteiger partial charge in [0.05, 0.1) is 17.4 Å². The highest BCUT2D eigenvalue weighted by Gasteiger charge is 2.07. The van der Waals surface area contributed by atoms with Crippen LogP contribution in [-0.2, 0) is 0 Å². The Morgan fingerprint density at radius 1 is 0.818 bits per heavy atom. The fraction of sp³-hybridized carbons (Fsp3) is 0.0526. The van der Waals surface area contributed by atoms with E-state index in [0.29, 0.717) is 0 Å². The second-order valence-electron chi connectivity index (χ2n) is 5.36. The first kappa shape index (κ1) is 12.8. The second kappa shape index (κ2) is 5.11. The van der Waals surface area contributed by atoms with Gasteiger partial charge in [-0.15, -0.1) is 0 Å². The van der Waals surface area contributed by atoms with Crippen molar-refractivity contribution in [3.63, 3.8) is 0 Å². The number of nitrogens with zero attached hydrogens (tertiary/aromatic N) is 3. The third-order valence-corrected chi connectivity index (χ3v) is 3.98. The Kier molecular flexibility index (Phi) is 2.97. The number of benzene rings is 1. The summed E-state index contributed by atoms with van der Waals surface area (Å²) in [5, 5.41) is 1.22. The Balaban J connectivity index is 1.93. The van der Waals surface area contributed by atoms with Crippen LogP contribution in [0.5, 0.6) is 0 Å². The maximum Gasteiger partial charge on any atom is 0.0668 e. The first-order chi connectivity index (χ1) is 10.8. The Bertz CT molecular complexity index is 939. The van der Waals surface area contributed by atoms with E-state index in [2.05, 4.69) is 51.9 Å². The van der Waals surface area contributed by atoms with Crippen LogP contribution in [0.15, 0.2) is 73.4 Å². The van der Waals surface area contributed by atoms with E-state index in [9.17, 15) is 0 Å². The molecule has 0 unspecified atom stereocenters. The van der Waals surface area contributed by atoms with E-state index in [0.717, 1.165) is 5.69 Å². The molecule has 0 aliphatic rings. The van der Waals surface area contributed by atoms with Crippen molar-refractivity contribution in [1.29, 1.82) is 0 Å². The molecule has 3 heterocycles. The quantitative estimate of drug-likeness (QED) is 0.546. The van der Waals surface area contributed by atoms with Gasteiger partial charge in [-0.2, -0.15) is 0 Å². The van der Waals surface area contributed by atoms with Crippen molar-refractivity contribution in [2.75, 3.05) is 0 Å². The maximum atomic E-state index is 4.26. The van der Waals surface area contributed by atoms with Crippen LogP contribution in [-0.4, -0.2) is 14.5 Å². The lowest BCUT2D eigenvalue weighted by molar-refractivity contribution is 1.07. The molecule has 0 atom stereocenters. The van der Waals surface area contributed by atoms with Gasteiger partial charge in [-0.3, -0.25) is 9.97 Å². The fourth-order valence-electron chi connectivity index (χ4n) is 2.77. The summed E-state index contributed by atoms with van der Waals surface area (Å²) in [4.78, 5) is 8.35. The topological polar surface area (TPSA) is 30.7 Å². The molecular formula is C19H15N3. The third-order valence-electron chi connectivity index (χ3n) is 3.98. The van der Waals surface area contributed by atoms with E-state index < -0.39 is 0 Å². The molecular weight excluding hydrogens is 270 g/mol. The van der Waals surface area contributed by atoms with E-state index in [1.165, 1.54) is 27.6 Å². The van der Waals surface area contributed by atoms with E-state index in [-0.39, 0.29) is 0 Å². The van der Waals surface area contributed by atoms with E-state index >= 15 is 0 Å². The number of hydrogen-bond donors (Lipinski definition) is 0. The molecule has 0 saturated carbocycles. The van der Waals surface area contributed by atoms with Crippen molar-refractivity contribution in [1.82, 2.24) is 14.5 Å². The SMILES string of the molecule is Cc1ccncc1-n1ccc2ccc(-c3ccncc3)cc21. The van der Waals surface area contributed by atoms with Crippen molar-refractivity contribution in [3.05, 3.63) is 79.0 Å². The highest BCUT2D eigenvalue weighted by molar-refractivity contribution is 5.87. The van der Waals surface area contributed by atoms with Gasteiger partial charge in [0.1, 0.15) is 0 Å². The minimum Gasteiger partial charge on any atom is -0.315 e. The Labute approximate surface area is 128 Å². The van der Waals surface area contributed by atoms with Crippen LogP contribution in [0.1, 0.15) is 5.56 Å². The predicted octanol–water partition coefficient (Wildman–Crippen LogP) is 4.40. The fourth-order valence-corrected chi connectivity index (χ4v) is 2.77. The zero-order valence-corrected chi connectivity index (χ0v) is 12.3. The molecule has 0 N–H and O–H groups in total. The first-order valence-corrected chi connectivity index (χ1v) is 7.25. The first-order valence-electron chi connectivity index (χ1n) is 7.25. The third kappa shape index (κ3) is 2.07. The molecule has 0 aliphatic carbocycles. The van der Waals surface area contributed by atoms with Gasteiger partial charge in [0.15, 0.2) is 0 Å². The summed E-state index contributed by atoms with van der Waals surface area (Å²) in [6, 6.07) is 14.8. The summed E-state index contributed by atoms with van der Waals surface area (Å²) < 4.78 is 2.20. The van der Waals surface area contributed by atoms with Crippen LogP contribution in [0.3, 0.4) is 0 Å². The van der Waals surface area contributed by atoms with Gasteiger partial charge in [0.25, 0.3) is 0 Å². The zero-order valence-electron chi connectivity index (χ0n) is 12.3. The summed E-state index contributed by atoms with van der Waals surface area (Å²) in [6.07, 6.45) is 9.49. The van der Waals surface area contributed by atoms with Crippen LogP contribution < -0.4 is 0 Å². The Morgan fingerprint density at radius 2 is 1.64 bits per heavy atom. The van der Waals surface area contributed by atoms with Gasteiger partial charge in [0, 0.05) is 24.8 Å². The molecule has 4 rings (SSSR count). The molecule has 0 aliphatic heterocycles. The monoisotopic (exact) mass is 285 g/mol. The lowest BCUT2D eigenvalue weighted by atomic mass is 10.1. The van der Waals surface area contributed by atoms with Crippen LogP contribution in [0.25, 0.3) is 27.7 Å². The number of aromatic nitrogens is 3. The number of aryl methyl sites for hydroxylation is 1. The molecule has 3 heteroatoms. The molecule has 0 saturated heterocycles. The number of rotatable bonds is 2. The molecule has 0 radical (unpaired) electrons. The average molecular weight is 285 g/mol.